The van der Waals surface area contributed by atoms with E-state index in [0.29, 0.717) is 30.5 Å². The van der Waals surface area contributed by atoms with Crippen molar-refractivity contribution in [1.29, 1.82) is 0 Å². The summed E-state index contributed by atoms with van der Waals surface area (Å²) in [7, 11) is 1.56. The van der Waals surface area contributed by atoms with Gasteiger partial charge in [0.05, 0.1) is 6.54 Å². The van der Waals surface area contributed by atoms with Crippen LogP contribution < -0.4 is 16.6 Å². The number of ether oxygens (including phenoxy) is 1. The lowest BCUT2D eigenvalue weighted by Crippen LogP contribution is -2.35. The number of nitrogens with one attached hydrogen (secondary N) is 2. The Bertz CT molecular complexity index is 436. The minimum atomic E-state index is 0.0177. The monoisotopic (exact) mass is 282 g/mol. The topological polar surface area (TPSA) is 105 Å². The van der Waals surface area contributed by atoms with Gasteiger partial charge in [-0.2, -0.15) is 0 Å². The van der Waals surface area contributed by atoms with Gasteiger partial charge in [0.2, 0.25) is 5.91 Å². The van der Waals surface area contributed by atoms with Crippen LogP contribution in [0.25, 0.3) is 0 Å². The van der Waals surface area contributed by atoms with E-state index in [0.717, 1.165) is 0 Å². The molecular formula is C12H22N6O2. The second-order valence-electron chi connectivity index (χ2n) is 4.05. The fraction of sp³-hybridized carbons (Fsp3) is 0.583. The van der Waals surface area contributed by atoms with Crippen LogP contribution in [-0.4, -0.2) is 47.5 Å². The highest BCUT2D eigenvalue weighted by molar-refractivity contribution is 5.80. The number of hydrazine groups is 1. The first-order chi connectivity index (χ1) is 9.64. The number of hydrogen-bond acceptors (Lipinski definition) is 7. The van der Waals surface area contributed by atoms with Gasteiger partial charge >= 0.3 is 0 Å². The summed E-state index contributed by atoms with van der Waals surface area (Å²) in [6, 6.07) is 1.63. The molecule has 0 aromatic carbocycles. The Hall–Kier alpha value is -1.93. The summed E-state index contributed by atoms with van der Waals surface area (Å²) in [4.78, 5) is 22.0. The highest BCUT2D eigenvalue weighted by atomic mass is 16.5. The number of aromatic nitrogens is 2. The quantitative estimate of drug-likeness (QED) is 0.461. The van der Waals surface area contributed by atoms with Gasteiger partial charge in [-0.1, -0.05) is 0 Å². The van der Waals surface area contributed by atoms with Crippen LogP contribution in [0.4, 0.5) is 11.6 Å². The molecule has 0 saturated carbocycles. The third-order valence-corrected chi connectivity index (χ3v) is 2.73. The van der Waals surface area contributed by atoms with Gasteiger partial charge in [0.15, 0.2) is 5.82 Å². The molecule has 0 atom stereocenters. The van der Waals surface area contributed by atoms with Gasteiger partial charge in [-0.05, 0) is 13.8 Å². The van der Waals surface area contributed by atoms with Crippen molar-refractivity contribution < 1.29 is 9.53 Å². The number of amides is 1. The number of carbonyl (C=O) groups excluding carboxylic acids is 1. The molecule has 1 aromatic rings. The molecule has 8 heteroatoms. The van der Waals surface area contributed by atoms with Crippen LogP contribution in [0, 0.1) is 0 Å². The molecule has 8 nitrogen and oxygen atoms in total. The largest absolute Gasteiger partial charge is 0.377 e. The third-order valence-electron chi connectivity index (χ3n) is 2.73. The summed E-state index contributed by atoms with van der Waals surface area (Å²) in [5.74, 6) is 6.84. The van der Waals surface area contributed by atoms with E-state index in [1.165, 1.54) is 0 Å². The van der Waals surface area contributed by atoms with Crippen molar-refractivity contribution in [3.63, 3.8) is 0 Å². The van der Waals surface area contributed by atoms with Crippen molar-refractivity contribution in [2.75, 3.05) is 37.5 Å². The zero-order valence-corrected chi connectivity index (χ0v) is 12.1. The number of carbonyl (C=O) groups is 1. The summed E-state index contributed by atoms with van der Waals surface area (Å²) in [6.07, 6.45) is 0. The average Bonchev–Trinajstić information content (AvgIpc) is 2.46. The number of nitrogen functional groups attached to an aromatic ring is 1. The standard InChI is InChI=1S/C12H22N6O2/c1-4-18(5-2)12(19)7-14-9-6-10(17-13)16-11(15-9)8-20-3/h6H,4-5,7-8,13H2,1-3H3,(H2,14,15,16,17). The molecule has 0 spiro atoms. The number of nitrogens with two attached hydrogens (primary N) is 1. The van der Waals surface area contributed by atoms with E-state index >= 15 is 0 Å². The fourth-order valence-electron chi connectivity index (χ4n) is 1.71. The predicted octanol–water partition coefficient (Wildman–Crippen LogP) is 0.189. The first-order valence-electron chi connectivity index (χ1n) is 6.49. The Morgan fingerprint density at radius 1 is 1.35 bits per heavy atom. The molecule has 0 unspecified atom stereocenters. The Kier molecular flexibility index (Phi) is 6.68. The molecule has 1 aromatic heterocycles. The number of likely N-dealkylation sites (N-methyl/N-ethyl adjacent to an activating group) is 1. The maximum absolute atomic E-state index is 11.9. The van der Waals surface area contributed by atoms with Crippen LogP contribution in [0.15, 0.2) is 6.07 Å². The molecule has 1 rings (SSSR count). The van der Waals surface area contributed by atoms with Crippen LogP contribution in [0.1, 0.15) is 19.7 Å². The predicted molar refractivity (Wildman–Crippen MR) is 77.0 cm³/mol. The van der Waals surface area contributed by atoms with Crippen molar-refractivity contribution in [2.45, 2.75) is 20.5 Å². The van der Waals surface area contributed by atoms with Gasteiger partial charge in [-0.3, -0.25) is 4.79 Å². The molecule has 1 heterocycles. The van der Waals surface area contributed by atoms with E-state index in [4.69, 9.17) is 10.6 Å². The summed E-state index contributed by atoms with van der Waals surface area (Å²) >= 11 is 0. The lowest BCUT2D eigenvalue weighted by Gasteiger charge is -2.19. The molecule has 0 saturated heterocycles. The zero-order chi connectivity index (χ0) is 15.0. The van der Waals surface area contributed by atoms with E-state index < -0.39 is 0 Å². The maximum atomic E-state index is 11.9. The maximum Gasteiger partial charge on any atom is 0.241 e. The van der Waals surface area contributed by atoms with Gasteiger partial charge in [0, 0.05) is 26.3 Å². The van der Waals surface area contributed by atoms with Crippen LogP contribution in [0.2, 0.25) is 0 Å². The van der Waals surface area contributed by atoms with Gasteiger partial charge in [-0.25, -0.2) is 15.8 Å². The van der Waals surface area contributed by atoms with Crippen molar-refractivity contribution in [2.24, 2.45) is 5.84 Å². The van der Waals surface area contributed by atoms with E-state index in [9.17, 15) is 4.79 Å². The zero-order valence-electron chi connectivity index (χ0n) is 12.1. The molecule has 0 fully saturated rings. The van der Waals surface area contributed by atoms with Crippen molar-refractivity contribution >= 4 is 17.5 Å². The Labute approximate surface area is 118 Å². The molecule has 0 bridgehead atoms. The highest BCUT2D eigenvalue weighted by Crippen LogP contribution is 2.10. The first-order valence-corrected chi connectivity index (χ1v) is 6.49. The summed E-state index contributed by atoms with van der Waals surface area (Å²) in [6.45, 7) is 5.71. The second-order valence-corrected chi connectivity index (χ2v) is 4.05. The Balaban J connectivity index is 2.71. The number of nitrogens with zero attached hydrogens (tertiary/aromatic N) is 3. The van der Waals surface area contributed by atoms with Crippen molar-refractivity contribution in [3.8, 4) is 0 Å². The van der Waals surface area contributed by atoms with Gasteiger partial charge in [0.25, 0.3) is 0 Å². The molecule has 4 N–H and O–H groups in total. The minimum Gasteiger partial charge on any atom is -0.377 e. The summed E-state index contributed by atoms with van der Waals surface area (Å²) in [5, 5.41) is 2.97. The minimum absolute atomic E-state index is 0.0177. The van der Waals surface area contributed by atoms with Gasteiger partial charge < -0.3 is 20.4 Å². The molecule has 112 valence electrons. The fourth-order valence-corrected chi connectivity index (χ4v) is 1.71. The molecule has 0 aliphatic rings. The second kappa shape index (κ2) is 8.28. The highest BCUT2D eigenvalue weighted by Gasteiger charge is 2.10. The van der Waals surface area contributed by atoms with E-state index in [1.54, 1.807) is 18.1 Å². The van der Waals surface area contributed by atoms with Crippen LogP contribution >= 0.6 is 0 Å². The number of hydrogen-bond donors (Lipinski definition) is 3. The smallest absolute Gasteiger partial charge is 0.241 e. The Morgan fingerprint density at radius 2 is 2.00 bits per heavy atom. The van der Waals surface area contributed by atoms with Crippen molar-refractivity contribution in [1.82, 2.24) is 14.9 Å². The normalized spacial score (nSPS) is 10.2. The van der Waals surface area contributed by atoms with E-state index in [1.807, 2.05) is 13.8 Å². The number of methoxy groups -OCH3 is 1. The third kappa shape index (κ3) is 4.63. The van der Waals surface area contributed by atoms with Crippen LogP contribution in [0.5, 0.6) is 0 Å². The molecule has 0 radical (unpaired) electrons. The number of rotatable bonds is 8. The van der Waals surface area contributed by atoms with E-state index in [2.05, 4.69) is 20.7 Å². The SMILES string of the molecule is CCN(CC)C(=O)CNc1cc(NN)nc(COC)n1. The van der Waals surface area contributed by atoms with Gasteiger partial charge in [0.1, 0.15) is 18.2 Å². The van der Waals surface area contributed by atoms with Gasteiger partial charge in [-0.15, -0.1) is 0 Å². The molecule has 20 heavy (non-hydrogen) atoms. The molecule has 1 amide bonds. The first kappa shape index (κ1) is 16.1. The number of anilines is 2. The average molecular weight is 282 g/mol. The summed E-state index contributed by atoms with van der Waals surface area (Å²) < 4.78 is 4.98. The van der Waals surface area contributed by atoms with E-state index in [-0.39, 0.29) is 19.1 Å². The molecule has 0 aliphatic heterocycles. The lowest BCUT2D eigenvalue weighted by atomic mass is 10.4. The molecule has 0 aliphatic carbocycles. The molecular weight excluding hydrogens is 260 g/mol. The lowest BCUT2D eigenvalue weighted by molar-refractivity contribution is -0.128. The van der Waals surface area contributed by atoms with Crippen LogP contribution in [-0.2, 0) is 16.1 Å². The Morgan fingerprint density at radius 3 is 2.55 bits per heavy atom. The van der Waals surface area contributed by atoms with Crippen LogP contribution in [0.3, 0.4) is 0 Å². The summed E-state index contributed by atoms with van der Waals surface area (Å²) in [5.41, 5.74) is 2.46. The van der Waals surface area contributed by atoms with Crippen molar-refractivity contribution in [3.05, 3.63) is 11.9 Å².